The van der Waals surface area contributed by atoms with Crippen LogP contribution in [0.2, 0.25) is 0 Å². The number of nitrogens with zero attached hydrogens (tertiary/aromatic N) is 3. The Labute approximate surface area is 236 Å². The molecule has 2 atom stereocenters. The van der Waals surface area contributed by atoms with Gasteiger partial charge in [-0.3, -0.25) is 19.3 Å². The van der Waals surface area contributed by atoms with Gasteiger partial charge in [0.1, 0.15) is 29.4 Å². The second kappa shape index (κ2) is 11.6. The van der Waals surface area contributed by atoms with Gasteiger partial charge in [0, 0.05) is 23.6 Å². The van der Waals surface area contributed by atoms with Crippen molar-refractivity contribution in [3.63, 3.8) is 0 Å². The predicted octanol–water partition coefficient (Wildman–Crippen LogP) is -3.27. The summed E-state index contributed by atoms with van der Waals surface area (Å²) in [7, 11) is 0. The molecule has 190 valence electrons. The number of aromatic nitrogens is 1. The maximum atomic E-state index is 13.0. The topological polar surface area (TPSA) is 211 Å². The van der Waals surface area contributed by atoms with Crippen LogP contribution in [-0.2, 0) is 33.5 Å². The Balaban J connectivity index is 0.00000342. The number of carboxylic acids is 2. The molecule has 2 amide bonds. The summed E-state index contributed by atoms with van der Waals surface area (Å²) in [5.74, 6) is -4.76. The number of carboxylic acid groups (broad SMARTS) is 2. The summed E-state index contributed by atoms with van der Waals surface area (Å²) < 4.78 is 4.88. The molecule has 0 unspecified atom stereocenters. The van der Waals surface area contributed by atoms with Crippen LogP contribution < -0.4 is 40.6 Å². The van der Waals surface area contributed by atoms with Gasteiger partial charge in [0.05, 0.1) is 0 Å². The van der Waals surface area contributed by atoms with E-state index in [2.05, 4.69) is 15.5 Å². The first-order chi connectivity index (χ1) is 16.3. The summed E-state index contributed by atoms with van der Waals surface area (Å²) in [5.41, 5.74) is 3.38. The van der Waals surface area contributed by atoms with Crippen LogP contribution in [0.15, 0.2) is 21.8 Å². The van der Waals surface area contributed by atoms with Crippen molar-refractivity contribution in [1.82, 2.24) is 15.2 Å². The van der Waals surface area contributed by atoms with E-state index in [9.17, 15) is 34.2 Å². The third-order valence-corrected chi connectivity index (χ3v) is 6.86. The number of oxime groups is 1. The molecular formula is C19H22N5NaO9S2. The quantitative estimate of drug-likeness (QED) is 0.0783. The average molecular weight is 552 g/mol. The minimum atomic E-state index is -1.77. The number of nitrogens with two attached hydrogens (primary N) is 1. The van der Waals surface area contributed by atoms with Gasteiger partial charge in [0.2, 0.25) is 5.60 Å². The Morgan fingerprint density at radius 1 is 1.36 bits per heavy atom. The van der Waals surface area contributed by atoms with E-state index in [-0.39, 0.29) is 65.4 Å². The SMILES string of the molecule is CC(=O)OCC1=C(C(=O)O)N2C(=O)[C@@H](NC(=O)/C(=N\OC(C)(C)C(=O)O)c3csc(N)n3)[C@H]2SC1.[H-].[Na+]. The molecule has 0 aliphatic carbocycles. The number of aliphatic carboxylic acids is 2. The van der Waals surface area contributed by atoms with Crippen molar-refractivity contribution in [2.75, 3.05) is 18.1 Å². The number of ether oxygens (including phenoxy) is 1. The first kappa shape index (κ1) is 29.6. The minimum Gasteiger partial charge on any atom is -1.00 e. The van der Waals surface area contributed by atoms with Gasteiger partial charge in [-0.15, -0.1) is 23.1 Å². The number of carbonyl (C=O) groups excluding carboxylic acids is 3. The number of carbonyl (C=O) groups is 5. The Kier molecular flexibility index (Phi) is 9.52. The summed E-state index contributed by atoms with van der Waals surface area (Å²) in [6, 6.07) is -1.11. The molecular weight excluding hydrogens is 529 g/mol. The number of amides is 2. The van der Waals surface area contributed by atoms with Crippen LogP contribution in [0.25, 0.3) is 0 Å². The van der Waals surface area contributed by atoms with Crippen LogP contribution >= 0.6 is 23.1 Å². The van der Waals surface area contributed by atoms with Crippen molar-refractivity contribution in [3.8, 4) is 0 Å². The molecule has 3 rings (SSSR count). The monoisotopic (exact) mass is 551 g/mol. The largest absolute Gasteiger partial charge is 1.00 e. The van der Waals surface area contributed by atoms with Gasteiger partial charge in [-0.1, -0.05) is 5.16 Å². The number of thiazole rings is 1. The number of anilines is 1. The minimum absolute atomic E-state index is 0. The molecule has 0 aromatic carbocycles. The van der Waals surface area contributed by atoms with E-state index in [1.807, 2.05) is 0 Å². The number of nitrogen functional groups attached to an aromatic ring is 1. The standard InChI is InChI=1S/C19H21N5O9S2.Na.H/c1-7(25)32-4-8-5-34-15-11(14(27)24(15)12(8)16(28)29)22-13(26)10(9-6-35-18(20)21-9)23-33-19(2,3)17(30)31;;/h6,11,15H,4-5H2,1-3H3,(H2,20,21)(H,22,26)(H,28,29)(H,30,31);;/q;+1;-1/b23-10-;;/t11-,15-;;/m1../s1. The first-order valence-electron chi connectivity index (χ1n) is 9.88. The van der Waals surface area contributed by atoms with E-state index in [1.54, 1.807) is 0 Å². The molecule has 0 saturated carbocycles. The van der Waals surface area contributed by atoms with Gasteiger partial charge in [0.15, 0.2) is 10.8 Å². The molecule has 1 aromatic heterocycles. The number of β-lactam (4-membered cyclic amide) rings is 1. The van der Waals surface area contributed by atoms with E-state index in [1.165, 1.54) is 37.9 Å². The number of hydrogen-bond donors (Lipinski definition) is 4. The smallest absolute Gasteiger partial charge is 1.00 e. The van der Waals surface area contributed by atoms with E-state index >= 15 is 0 Å². The zero-order valence-electron chi connectivity index (χ0n) is 20.6. The fourth-order valence-electron chi connectivity index (χ4n) is 2.99. The number of nitrogens with one attached hydrogen (secondary N) is 1. The third kappa shape index (κ3) is 6.18. The molecule has 36 heavy (non-hydrogen) atoms. The fraction of sp³-hybridized carbons (Fsp3) is 0.421. The Morgan fingerprint density at radius 2 is 2.03 bits per heavy atom. The van der Waals surface area contributed by atoms with Gasteiger partial charge in [-0.25, -0.2) is 14.6 Å². The Bertz CT molecular complexity index is 1170. The second-order valence-electron chi connectivity index (χ2n) is 7.82. The predicted molar refractivity (Wildman–Crippen MR) is 123 cm³/mol. The number of esters is 1. The number of fused-ring (bicyclic) bond motifs is 1. The van der Waals surface area contributed by atoms with Gasteiger partial charge in [-0.05, 0) is 13.8 Å². The van der Waals surface area contributed by atoms with Crippen LogP contribution in [-0.4, -0.2) is 84.9 Å². The van der Waals surface area contributed by atoms with Crippen LogP contribution in [0, 0.1) is 0 Å². The zero-order chi connectivity index (χ0) is 26.1. The van der Waals surface area contributed by atoms with Crippen molar-refractivity contribution in [1.29, 1.82) is 0 Å². The van der Waals surface area contributed by atoms with Crippen molar-refractivity contribution >= 4 is 63.7 Å². The molecule has 1 aromatic rings. The second-order valence-corrected chi connectivity index (χ2v) is 9.81. The van der Waals surface area contributed by atoms with Gasteiger partial charge < -0.3 is 32.3 Å². The number of rotatable bonds is 9. The first-order valence-corrected chi connectivity index (χ1v) is 11.8. The number of thioether (sulfide) groups is 1. The van der Waals surface area contributed by atoms with E-state index in [0.717, 1.165) is 16.2 Å². The summed E-state index contributed by atoms with van der Waals surface area (Å²) in [4.78, 5) is 70.1. The maximum absolute atomic E-state index is 13.0. The third-order valence-electron chi connectivity index (χ3n) is 4.85. The van der Waals surface area contributed by atoms with E-state index in [0.29, 0.717) is 0 Å². The molecule has 5 N–H and O–H groups in total. The van der Waals surface area contributed by atoms with E-state index < -0.39 is 52.5 Å². The summed E-state index contributed by atoms with van der Waals surface area (Å²) in [6.45, 7) is 3.35. The molecule has 0 radical (unpaired) electrons. The van der Waals surface area contributed by atoms with Gasteiger partial charge in [-0.2, -0.15) is 0 Å². The Morgan fingerprint density at radius 3 is 2.56 bits per heavy atom. The molecule has 1 saturated heterocycles. The zero-order valence-corrected chi connectivity index (χ0v) is 23.3. The van der Waals surface area contributed by atoms with Crippen LogP contribution in [0.1, 0.15) is 27.9 Å². The summed E-state index contributed by atoms with van der Waals surface area (Å²) >= 11 is 2.18. The molecule has 2 aliphatic rings. The molecule has 14 nitrogen and oxygen atoms in total. The average Bonchev–Trinajstić information content (AvgIpc) is 3.20. The maximum Gasteiger partial charge on any atom is 1.00 e. The van der Waals surface area contributed by atoms with Crippen LogP contribution in [0.4, 0.5) is 5.13 Å². The molecule has 3 heterocycles. The van der Waals surface area contributed by atoms with Gasteiger partial charge >= 0.3 is 47.5 Å². The number of hydrogen-bond acceptors (Lipinski definition) is 12. The van der Waals surface area contributed by atoms with Crippen molar-refractivity contribution in [2.45, 2.75) is 37.8 Å². The molecule has 0 spiro atoms. The normalized spacial score (nSPS) is 19.5. The van der Waals surface area contributed by atoms with Crippen LogP contribution in [0.3, 0.4) is 0 Å². The Hall–Kier alpha value is -2.66. The molecule has 0 bridgehead atoms. The fourth-order valence-corrected chi connectivity index (χ4v) is 4.87. The summed E-state index contributed by atoms with van der Waals surface area (Å²) in [6.07, 6.45) is 0. The molecule has 1 fully saturated rings. The summed E-state index contributed by atoms with van der Waals surface area (Å²) in [5, 5.41) is 25.8. The molecule has 17 heteroatoms. The van der Waals surface area contributed by atoms with Crippen molar-refractivity contribution < 1.29 is 74.7 Å². The van der Waals surface area contributed by atoms with E-state index in [4.69, 9.17) is 15.3 Å². The molecule has 2 aliphatic heterocycles. The van der Waals surface area contributed by atoms with Crippen molar-refractivity contribution in [3.05, 3.63) is 22.3 Å². The van der Waals surface area contributed by atoms with Crippen LogP contribution in [0.5, 0.6) is 0 Å². The van der Waals surface area contributed by atoms with Crippen molar-refractivity contribution in [2.24, 2.45) is 5.16 Å². The van der Waals surface area contributed by atoms with Gasteiger partial charge in [0.25, 0.3) is 11.8 Å².